The van der Waals surface area contributed by atoms with Crippen LogP contribution in [0, 0.1) is 23.2 Å². The van der Waals surface area contributed by atoms with E-state index < -0.39 is 0 Å². The molecule has 0 radical (unpaired) electrons. The monoisotopic (exact) mass is 364 g/mol. The van der Waals surface area contributed by atoms with Crippen LogP contribution in [0.15, 0.2) is 36.4 Å². The van der Waals surface area contributed by atoms with Crippen molar-refractivity contribution in [1.29, 1.82) is 0 Å². The topological polar surface area (TPSA) is 23.6 Å². The van der Waals surface area contributed by atoms with Gasteiger partial charge in [-0.25, -0.2) is 0 Å². The zero-order chi connectivity index (χ0) is 18.3. The lowest BCUT2D eigenvalue weighted by atomic mass is 9.49. The predicted molar refractivity (Wildman–Crippen MR) is 109 cm³/mol. The number of hydrogen-bond acceptors (Lipinski definition) is 2. The minimum atomic E-state index is 0.160. The second-order valence-corrected chi connectivity index (χ2v) is 9.76. The molecule has 0 unspecified atom stereocenters. The number of carbonyl (C=O) groups is 1. The summed E-state index contributed by atoms with van der Waals surface area (Å²) in [6, 6.07) is 10.1. The van der Waals surface area contributed by atoms with Gasteiger partial charge in [-0.05, 0) is 73.3 Å². The number of benzene rings is 1. The first-order valence-corrected chi connectivity index (χ1v) is 10.9. The van der Waals surface area contributed by atoms with Gasteiger partial charge in [-0.1, -0.05) is 30.3 Å². The molecule has 4 bridgehead atoms. The summed E-state index contributed by atoms with van der Waals surface area (Å²) in [5.74, 6) is 3.25. The molecule has 1 heterocycles. The second-order valence-electron chi connectivity index (χ2n) is 9.76. The second kappa shape index (κ2) is 7.09. The average Bonchev–Trinajstić information content (AvgIpc) is 2.66. The minimum Gasteiger partial charge on any atom is -0.337 e. The largest absolute Gasteiger partial charge is 0.337 e. The predicted octanol–water partition coefficient (Wildman–Crippen LogP) is 4.06. The van der Waals surface area contributed by atoms with Crippen molar-refractivity contribution in [3.8, 4) is 0 Å². The highest BCUT2D eigenvalue weighted by Gasteiger charge is 2.51. The third kappa shape index (κ3) is 3.71. The minimum absolute atomic E-state index is 0.160. The highest BCUT2D eigenvalue weighted by atomic mass is 16.2. The van der Waals surface area contributed by atoms with E-state index in [0.717, 1.165) is 49.5 Å². The molecule has 3 heteroatoms. The Balaban J connectivity index is 1.14. The summed E-state index contributed by atoms with van der Waals surface area (Å²) < 4.78 is 0. The molecule has 5 aliphatic rings. The fourth-order valence-corrected chi connectivity index (χ4v) is 6.92. The van der Waals surface area contributed by atoms with Crippen LogP contribution in [0.25, 0.3) is 6.08 Å². The Morgan fingerprint density at radius 1 is 0.926 bits per heavy atom. The van der Waals surface area contributed by atoms with Crippen molar-refractivity contribution in [2.45, 2.75) is 38.5 Å². The number of hydrogen-bond donors (Lipinski definition) is 0. The zero-order valence-corrected chi connectivity index (χ0v) is 16.4. The van der Waals surface area contributed by atoms with Crippen LogP contribution in [0.4, 0.5) is 0 Å². The van der Waals surface area contributed by atoms with E-state index in [9.17, 15) is 4.79 Å². The van der Waals surface area contributed by atoms with E-state index in [0.29, 0.717) is 5.41 Å². The van der Waals surface area contributed by atoms with Crippen molar-refractivity contribution in [2.75, 3.05) is 32.7 Å². The molecule has 0 spiro atoms. The van der Waals surface area contributed by atoms with Crippen molar-refractivity contribution >= 4 is 12.0 Å². The summed E-state index contributed by atoms with van der Waals surface area (Å²) in [6.07, 6.45) is 12.7. The maximum Gasteiger partial charge on any atom is 0.246 e. The first-order valence-electron chi connectivity index (χ1n) is 10.9. The zero-order valence-electron chi connectivity index (χ0n) is 16.4. The average molecular weight is 365 g/mol. The highest BCUT2D eigenvalue weighted by Crippen LogP contribution is 2.60. The van der Waals surface area contributed by atoms with Gasteiger partial charge in [0.25, 0.3) is 0 Å². The van der Waals surface area contributed by atoms with Gasteiger partial charge in [0.2, 0.25) is 5.91 Å². The first-order chi connectivity index (χ1) is 13.2. The number of piperazine rings is 1. The standard InChI is InChI=1S/C24H32N2O/c27-23(7-6-19-4-2-1-3-5-19)26-10-8-25(9-11-26)18-24-15-20-12-21(16-24)14-22(13-20)17-24/h1-7,20-22H,8-18H2. The molecule has 144 valence electrons. The van der Waals surface area contributed by atoms with E-state index in [2.05, 4.69) is 4.90 Å². The molecule has 4 aliphatic carbocycles. The molecule has 3 nitrogen and oxygen atoms in total. The van der Waals surface area contributed by atoms with Crippen molar-refractivity contribution in [3.05, 3.63) is 42.0 Å². The third-order valence-electron chi connectivity index (χ3n) is 7.63. The molecule has 6 rings (SSSR count). The lowest BCUT2D eigenvalue weighted by Gasteiger charge is -2.58. The SMILES string of the molecule is O=C(C=Cc1ccccc1)N1CCN(CC23CC4CC(CC(C4)C2)C3)CC1. The van der Waals surface area contributed by atoms with Gasteiger partial charge in [0.1, 0.15) is 0 Å². The summed E-state index contributed by atoms with van der Waals surface area (Å²) in [4.78, 5) is 17.2. The molecule has 5 fully saturated rings. The molecule has 27 heavy (non-hydrogen) atoms. The van der Waals surface area contributed by atoms with E-state index in [1.54, 1.807) is 6.08 Å². The maximum atomic E-state index is 12.5. The van der Waals surface area contributed by atoms with Gasteiger partial charge >= 0.3 is 0 Å². The highest BCUT2D eigenvalue weighted by molar-refractivity contribution is 5.91. The van der Waals surface area contributed by atoms with E-state index >= 15 is 0 Å². The van der Waals surface area contributed by atoms with Crippen molar-refractivity contribution < 1.29 is 4.79 Å². The Labute approximate surface area is 163 Å². The molecule has 1 amide bonds. The third-order valence-corrected chi connectivity index (χ3v) is 7.63. The summed E-state index contributed by atoms with van der Waals surface area (Å²) >= 11 is 0. The van der Waals surface area contributed by atoms with Crippen molar-refractivity contribution in [1.82, 2.24) is 9.80 Å². The molecule has 0 N–H and O–H groups in total. The molecule has 0 atom stereocenters. The molecular weight excluding hydrogens is 332 g/mol. The van der Waals surface area contributed by atoms with E-state index in [1.165, 1.54) is 45.1 Å². The van der Waals surface area contributed by atoms with Gasteiger partial charge in [0.05, 0.1) is 0 Å². The quantitative estimate of drug-likeness (QED) is 0.752. The molecule has 0 aromatic heterocycles. The summed E-state index contributed by atoms with van der Waals surface area (Å²) in [7, 11) is 0. The fraction of sp³-hybridized carbons (Fsp3) is 0.625. The molecule has 1 aromatic carbocycles. The lowest BCUT2D eigenvalue weighted by Crippen LogP contribution is -2.55. The molecule has 4 saturated carbocycles. The summed E-state index contributed by atoms with van der Waals surface area (Å²) in [5, 5.41) is 0. The molecule has 1 aliphatic heterocycles. The fourth-order valence-electron chi connectivity index (χ4n) is 6.92. The summed E-state index contributed by atoms with van der Waals surface area (Å²) in [6.45, 7) is 5.15. The van der Waals surface area contributed by atoms with Gasteiger partial charge in [-0.2, -0.15) is 0 Å². The lowest BCUT2D eigenvalue weighted by molar-refractivity contribution is -0.128. The maximum absolute atomic E-state index is 12.5. The van der Waals surface area contributed by atoms with Crippen molar-refractivity contribution in [2.24, 2.45) is 23.2 Å². The Bertz CT molecular complexity index is 667. The Kier molecular flexibility index (Phi) is 4.59. The Hall–Kier alpha value is -1.61. The van der Waals surface area contributed by atoms with Crippen LogP contribution in [-0.4, -0.2) is 48.4 Å². The van der Waals surface area contributed by atoms with Crippen LogP contribution in [0.5, 0.6) is 0 Å². The van der Waals surface area contributed by atoms with E-state index in [4.69, 9.17) is 0 Å². The van der Waals surface area contributed by atoms with Crippen LogP contribution in [0.2, 0.25) is 0 Å². The van der Waals surface area contributed by atoms with Crippen LogP contribution in [0.3, 0.4) is 0 Å². The normalized spacial score (nSPS) is 35.9. The van der Waals surface area contributed by atoms with Crippen LogP contribution in [-0.2, 0) is 4.79 Å². The van der Waals surface area contributed by atoms with Gasteiger partial charge in [0, 0.05) is 38.8 Å². The Morgan fingerprint density at radius 2 is 1.52 bits per heavy atom. The van der Waals surface area contributed by atoms with Gasteiger partial charge < -0.3 is 4.90 Å². The smallest absolute Gasteiger partial charge is 0.246 e. The number of amides is 1. The van der Waals surface area contributed by atoms with Gasteiger partial charge in [-0.15, -0.1) is 0 Å². The number of nitrogens with zero attached hydrogens (tertiary/aromatic N) is 2. The molecular formula is C24H32N2O. The molecule has 1 saturated heterocycles. The number of carbonyl (C=O) groups excluding carboxylic acids is 1. The summed E-state index contributed by atoms with van der Waals surface area (Å²) in [5.41, 5.74) is 1.71. The van der Waals surface area contributed by atoms with Gasteiger partial charge in [0.15, 0.2) is 0 Å². The van der Waals surface area contributed by atoms with Crippen LogP contribution in [0.1, 0.15) is 44.1 Å². The van der Waals surface area contributed by atoms with E-state index in [1.807, 2.05) is 41.3 Å². The number of rotatable bonds is 4. The van der Waals surface area contributed by atoms with E-state index in [-0.39, 0.29) is 5.91 Å². The van der Waals surface area contributed by atoms with Gasteiger partial charge in [-0.3, -0.25) is 9.69 Å². The molecule has 1 aromatic rings. The first kappa shape index (κ1) is 17.5. The van der Waals surface area contributed by atoms with Crippen LogP contribution < -0.4 is 0 Å². The Morgan fingerprint density at radius 3 is 2.11 bits per heavy atom. The van der Waals surface area contributed by atoms with Crippen molar-refractivity contribution in [3.63, 3.8) is 0 Å². The van der Waals surface area contributed by atoms with Crippen LogP contribution >= 0.6 is 0 Å².